The van der Waals surface area contributed by atoms with Gasteiger partial charge in [0.15, 0.2) is 0 Å². The molecule has 1 aliphatic carbocycles. The van der Waals surface area contributed by atoms with Crippen LogP contribution in [0.3, 0.4) is 0 Å². The van der Waals surface area contributed by atoms with Crippen molar-refractivity contribution in [2.75, 3.05) is 0 Å². The SMILES string of the molecule is CC(C)(C)C1C[C@@H](O)c2ccccc21. The fraction of sp³-hybridized carbons (Fsp3) is 0.538. The zero-order valence-corrected chi connectivity index (χ0v) is 9.12. The van der Waals surface area contributed by atoms with Crippen LogP contribution in [-0.2, 0) is 0 Å². The Morgan fingerprint density at radius 1 is 1.14 bits per heavy atom. The predicted octanol–water partition coefficient (Wildman–Crippen LogP) is 3.25. The van der Waals surface area contributed by atoms with Gasteiger partial charge in [0.05, 0.1) is 6.10 Å². The zero-order chi connectivity index (χ0) is 10.3. The van der Waals surface area contributed by atoms with Gasteiger partial charge in [0.1, 0.15) is 0 Å². The maximum absolute atomic E-state index is 9.92. The molecule has 1 nitrogen and oxygen atoms in total. The fourth-order valence-corrected chi connectivity index (χ4v) is 2.43. The van der Waals surface area contributed by atoms with Gasteiger partial charge in [-0.05, 0) is 28.9 Å². The van der Waals surface area contributed by atoms with E-state index in [1.165, 1.54) is 5.56 Å². The molecule has 0 radical (unpaired) electrons. The average Bonchev–Trinajstić information content (AvgIpc) is 2.44. The molecule has 0 spiro atoms. The van der Waals surface area contributed by atoms with Gasteiger partial charge in [0.2, 0.25) is 0 Å². The molecule has 1 N–H and O–H groups in total. The van der Waals surface area contributed by atoms with Crippen molar-refractivity contribution in [3.63, 3.8) is 0 Å². The Morgan fingerprint density at radius 2 is 1.71 bits per heavy atom. The lowest BCUT2D eigenvalue weighted by atomic mass is 9.77. The average molecular weight is 190 g/mol. The van der Waals surface area contributed by atoms with Crippen molar-refractivity contribution in [3.05, 3.63) is 35.4 Å². The topological polar surface area (TPSA) is 20.2 Å². The Morgan fingerprint density at radius 3 is 2.29 bits per heavy atom. The summed E-state index contributed by atoms with van der Waals surface area (Å²) in [4.78, 5) is 0. The number of benzene rings is 1. The summed E-state index contributed by atoms with van der Waals surface area (Å²) in [5.41, 5.74) is 2.72. The lowest BCUT2D eigenvalue weighted by Crippen LogP contribution is -2.15. The molecule has 1 unspecified atom stereocenters. The van der Waals surface area contributed by atoms with E-state index >= 15 is 0 Å². The first-order valence-corrected chi connectivity index (χ1v) is 5.27. The summed E-state index contributed by atoms with van der Waals surface area (Å²) < 4.78 is 0. The van der Waals surface area contributed by atoms with Crippen molar-refractivity contribution in [3.8, 4) is 0 Å². The highest BCUT2D eigenvalue weighted by molar-refractivity contribution is 5.38. The minimum atomic E-state index is -0.254. The van der Waals surface area contributed by atoms with Crippen molar-refractivity contribution in [2.24, 2.45) is 5.41 Å². The van der Waals surface area contributed by atoms with Crippen molar-refractivity contribution in [2.45, 2.75) is 39.2 Å². The summed E-state index contributed by atoms with van der Waals surface area (Å²) >= 11 is 0. The van der Waals surface area contributed by atoms with Gasteiger partial charge >= 0.3 is 0 Å². The van der Waals surface area contributed by atoms with E-state index in [4.69, 9.17) is 0 Å². The summed E-state index contributed by atoms with van der Waals surface area (Å²) in [5, 5.41) is 9.92. The molecule has 1 aromatic rings. The summed E-state index contributed by atoms with van der Waals surface area (Å²) in [6.45, 7) is 6.73. The van der Waals surface area contributed by atoms with Gasteiger partial charge in [-0.1, -0.05) is 45.0 Å². The Kier molecular flexibility index (Phi) is 2.15. The minimum Gasteiger partial charge on any atom is -0.388 e. The van der Waals surface area contributed by atoms with Crippen molar-refractivity contribution in [1.82, 2.24) is 0 Å². The van der Waals surface area contributed by atoms with Gasteiger partial charge in [-0.15, -0.1) is 0 Å². The van der Waals surface area contributed by atoms with Crippen molar-refractivity contribution < 1.29 is 5.11 Å². The predicted molar refractivity (Wildman–Crippen MR) is 58.2 cm³/mol. The molecule has 1 aromatic carbocycles. The van der Waals surface area contributed by atoms with Crippen LogP contribution in [0.15, 0.2) is 24.3 Å². The standard InChI is InChI=1S/C13H18O/c1-13(2,3)11-8-12(14)10-7-5-4-6-9(10)11/h4-7,11-12,14H,8H2,1-3H3/t11?,12-/m1/s1. The van der Waals surface area contributed by atoms with Gasteiger partial charge in [-0.25, -0.2) is 0 Å². The fourth-order valence-electron chi connectivity index (χ4n) is 2.43. The highest BCUT2D eigenvalue weighted by atomic mass is 16.3. The van der Waals surface area contributed by atoms with E-state index < -0.39 is 0 Å². The smallest absolute Gasteiger partial charge is 0.0798 e. The molecule has 2 atom stereocenters. The quantitative estimate of drug-likeness (QED) is 0.665. The highest BCUT2D eigenvalue weighted by Gasteiger charge is 2.36. The van der Waals surface area contributed by atoms with Crippen LogP contribution in [0, 0.1) is 5.41 Å². The van der Waals surface area contributed by atoms with Crippen LogP contribution in [0.1, 0.15) is 50.3 Å². The second-order valence-electron chi connectivity index (χ2n) is 5.30. The Balaban J connectivity index is 2.44. The minimum absolute atomic E-state index is 0.244. The maximum atomic E-state index is 9.92. The highest BCUT2D eigenvalue weighted by Crippen LogP contribution is 2.48. The molecule has 0 heterocycles. The third-order valence-electron chi connectivity index (χ3n) is 3.23. The number of aliphatic hydroxyl groups is 1. The number of fused-ring (bicyclic) bond motifs is 1. The third-order valence-corrected chi connectivity index (χ3v) is 3.23. The molecular formula is C13H18O. The van der Waals surface area contributed by atoms with E-state index in [0.717, 1.165) is 12.0 Å². The van der Waals surface area contributed by atoms with Gasteiger partial charge in [-0.3, -0.25) is 0 Å². The summed E-state index contributed by atoms with van der Waals surface area (Å²) in [5.74, 6) is 0.494. The Labute approximate surface area is 85.8 Å². The molecule has 0 bridgehead atoms. The van der Waals surface area contributed by atoms with Crippen LogP contribution in [0.25, 0.3) is 0 Å². The first-order chi connectivity index (χ1) is 6.50. The zero-order valence-electron chi connectivity index (χ0n) is 9.12. The van der Waals surface area contributed by atoms with E-state index in [9.17, 15) is 5.11 Å². The molecule has 0 saturated heterocycles. The van der Waals surface area contributed by atoms with Crippen molar-refractivity contribution in [1.29, 1.82) is 0 Å². The summed E-state index contributed by atoms with van der Waals surface area (Å²) in [6, 6.07) is 8.27. The van der Waals surface area contributed by atoms with Crippen molar-refractivity contribution >= 4 is 0 Å². The van der Waals surface area contributed by atoms with Crippen LogP contribution in [0.2, 0.25) is 0 Å². The molecule has 0 aliphatic heterocycles. The second kappa shape index (κ2) is 3.09. The molecule has 76 valence electrons. The van der Waals surface area contributed by atoms with Gasteiger partial charge in [0, 0.05) is 0 Å². The number of hydrogen-bond donors (Lipinski definition) is 1. The largest absolute Gasteiger partial charge is 0.388 e. The molecule has 2 rings (SSSR count). The first kappa shape index (κ1) is 9.72. The van der Waals surface area contributed by atoms with E-state index in [1.54, 1.807) is 0 Å². The van der Waals surface area contributed by atoms with Crippen LogP contribution in [0.4, 0.5) is 0 Å². The molecule has 0 amide bonds. The summed E-state index contributed by atoms with van der Waals surface area (Å²) in [7, 11) is 0. The maximum Gasteiger partial charge on any atom is 0.0798 e. The number of rotatable bonds is 0. The molecule has 1 heteroatoms. The van der Waals surface area contributed by atoms with Crippen LogP contribution in [0.5, 0.6) is 0 Å². The molecular weight excluding hydrogens is 172 g/mol. The van der Waals surface area contributed by atoms with Gasteiger partial charge in [0.25, 0.3) is 0 Å². The molecule has 0 aromatic heterocycles. The third kappa shape index (κ3) is 1.46. The number of hydrogen-bond acceptors (Lipinski definition) is 1. The van der Waals surface area contributed by atoms with Crippen LogP contribution < -0.4 is 0 Å². The molecule has 0 saturated carbocycles. The molecule has 1 aliphatic rings. The van der Waals surface area contributed by atoms with E-state index in [0.29, 0.717) is 5.92 Å². The van der Waals surface area contributed by atoms with Gasteiger partial charge < -0.3 is 5.11 Å². The Hall–Kier alpha value is -0.820. The Bertz CT molecular complexity index is 335. The lowest BCUT2D eigenvalue weighted by Gasteiger charge is -2.27. The van der Waals surface area contributed by atoms with Crippen LogP contribution >= 0.6 is 0 Å². The monoisotopic (exact) mass is 190 g/mol. The van der Waals surface area contributed by atoms with E-state index in [-0.39, 0.29) is 11.5 Å². The summed E-state index contributed by atoms with van der Waals surface area (Å²) in [6.07, 6.45) is 0.624. The van der Waals surface area contributed by atoms with Crippen LogP contribution in [-0.4, -0.2) is 5.11 Å². The number of aliphatic hydroxyl groups excluding tert-OH is 1. The molecule has 14 heavy (non-hydrogen) atoms. The first-order valence-electron chi connectivity index (χ1n) is 5.27. The van der Waals surface area contributed by atoms with Gasteiger partial charge in [-0.2, -0.15) is 0 Å². The molecule has 0 fully saturated rings. The normalized spacial score (nSPS) is 26.3. The lowest BCUT2D eigenvalue weighted by molar-refractivity contribution is 0.154. The van der Waals surface area contributed by atoms with E-state index in [1.807, 2.05) is 12.1 Å². The second-order valence-corrected chi connectivity index (χ2v) is 5.30. The van der Waals surface area contributed by atoms with E-state index in [2.05, 4.69) is 32.9 Å².